The number of hydrogen-bond donors (Lipinski definition) is 2. The van der Waals surface area contributed by atoms with Crippen LogP contribution in [0, 0.1) is 5.92 Å². The van der Waals surface area contributed by atoms with Crippen LogP contribution in [-0.4, -0.2) is 50.4 Å². The normalized spacial score (nSPS) is 24.0. The fraction of sp³-hybridized carbons (Fsp3) is 0.778. The predicted octanol–water partition coefficient (Wildman–Crippen LogP) is 2.46. The molecule has 2 amide bonds. The molecular formula is C18H29NO4S. The molecule has 3 atom stereocenters. The molecule has 2 aliphatic rings. The van der Waals surface area contributed by atoms with E-state index < -0.39 is 11.6 Å². The molecule has 1 fully saturated rings. The van der Waals surface area contributed by atoms with Crippen LogP contribution in [0.25, 0.3) is 0 Å². The third kappa shape index (κ3) is 4.61. The number of fused-ring (bicyclic) bond motifs is 1. The highest BCUT2D eigenvalue weighted by Crippen LogP contribution is 2.42. The molecule has 0 spiro atoms. The Bertz CT molecular complexity index is 515. The molecule has 2 heterocycles. The third-order valence-corrected chi connectivity index (χ3v) is 6.05. The van der Waals surface area contributed by atoms with Crippen LogP contribution in [0.15, 0.2) is 11.0 Å². The minimum Gasteiger partial charge on any atom is -0.393 e. The van der Waals surface area contributed by atoms with Gasteiger partial charge in [-0.15, -0.1) is 11.8 Å². The Labute approximate surface area is 148 Å². The smallest absolute Gasteiger partial charge is 0.254 e. The number of thioether (sulfide) groups is 1. The number of imide groups is 1. The number of carbonyl (C=O) groups excluding carboxylic acids is 2. The summed E-state index contributed by atoms with van der Waals surface area (Å²) in [6.45, 7) is 5.53. The largest absolute Gasteiger partial charge is 0.393 e. The van der Waals surface area contributed by atoms with Crippen LogP contribution in [0.2, 0.25) is 0 Å². The van der Waals surface area contributed by atoms with Gasteiger partial charge in [0.15, 0.2) is 0 Å². The molecule has 1 saturated heterocycles. The van der Waals surface area contributed by atoms with Crippen molar-refractivity contribution in [1.29, 1.82) is 0 Å². The summed E-state index contributed by atoms with van der Waals surface area (Å²) in [5.41, 5.74) is -0.602. The van der Waals surface area contributed by atoms with Crippen LogP contribution in [-0.2, 0) is 9.59 Å². The number of carbonyl (C=O) groups is 2. The van der Waals surface area contributed by atoms with Gasteiger partial charge in [0.1, 0.15) is 0 Å². The number of aliphatic hydroxyl groups is 2. The van der Waals surface area contributed by atoms with E-state index in [1.165, 1.54) is 4.90 Å². The minimum absolute atomic E-state index is 0.0869. The molecule has 24 heavy (non-hydrogen) atoms. The molecule has 6 heteroatoms. The van der Waals surface area contributed by atoms with Crippen LogP contribution < -0.4 is 0 Å². The number of rotatable bonds is 8. The van der Waals surface area contributed by atoms with E-state index in [1.807, 2.05) is 13.8 Å². The van der Waals surface area contributed by atoms with Crippen molar-refractivity contribution in [3.8, 4) is 0 Å². The first-order valence-electron chi connectivity index (χ1n) is 8.81. The van der Waals surface area contributed by atoms with Gasteiger partial charge in [0.05, 0.1) is 18.1 Å². The van der Waals surface area contributed by atoms with E-state index in [0.29, 0.717) is 25.7 Å². The monoisotopic (exact) mass is 355 g/mol. The Hall–Kier alpha value is -0.850. The zero-order valence-electron chi connectivity index (χ0n) is 14.8. The van der Waals surface area contributed by atoms with Crippen molar-refractivity contribution in [2.75, 3.05) is 5.75 Å². The fourth-order valence-electron chi connectivity index (χ4n) is 3.40. The molecular weight excluding hydrogens is 326 g/mol. The number of aliphatic hydroxyl groups excluding tert-OH is 2. The maximum absolute atomic E-state index is 12.7. The second-order valence-corrected chi connectivity index (χ2v) is 8.70. The summed E-state index contributed by atoms with van der Waals surface area (Å²) in [6, 6.07) is 0. The van der Waals surface area contributed by atoms with Gasteiger partial charge in [-0.2, -0.15) is 0 Å². The summed E-state index contributed by atoms with van der Waals surface area (Å²) in [4.78, 5) is 27.4. The zero-order valence-corrected chi connectivity index (χ0v) is 15.6. The van der Waals surface area contributed by atoms with Gasteiger partial charge in [0, 0.05) is 16.5 Å². The lowest BCUT2D eigenvalue weighted by Crippen LogP contribution is -2.54. The first-order valence-corrected chi connectivity index (χ1v) is 9.79. The summed E-state index contributed by atoms with van der Waals surface area (Å²) < 4.78 is 0. The number of nitrogens with zero attached hydrogens (tertiary/aromatic N) is 1. The number of amides is 2. The lowest BCUT2D eigenvalue weighted by molar-refractivity contribution is -0.152. The lowest BCUT2D eigenvalue weighted by Gasteiger charge is -2.40. The van der Waals surface area contributed by atoms with E-state index in [0.717, 1.165) is 23.5 Å². The molecule has 0 aliphatic carbocycles. The van der Waals surface area contributed by atoms with Crippen LogP contribution in [0.4, 0.5) is 0 Å². The van der Waals surface area contributed by atoms with Crippen molar-refractivity contribution in [3.63, 3.8) is 0 Å². The van der Waals surface area contributed by atoms with Crippen LogP contribution in [0.5, 0.6) is 0 Å². The van der Waals surface area contributed by atoms with Crippen molar-refractivity contribution < 1.29 is 19.8 Å². The average molecular weight is 356 g/mol. The predicted molar refractivity (Wildman–Crippen MR) is 95.4 cm³/mol. The molecule has 2 rings (SSSR count). The molecule has 5 nitrogen and oxygen atoms in total. The van der Waals surface area contributed by atoms with E-state index in [-0.39, 0.29) is 23.8 Å². The first-order chi connectivity index (χ1) is 11.2. The summed E-state index contributed by atoms with van der Waals surface area (Å²) in [5.74, 6) is 0.430. The van der Waals surface area contributed by atoms with E-state index in [4.69, 9.17) is 0 Å². The van der Waals surface area contributed by atoms with Gasteiger partial charge in [-0.25, -0.2) is 0 Å². The summed E-state index contributed by atoms with van der Waals surface area (Å²) in [5, 5.41) is 19.4. The number of hydrogen-bond acceptors (Lipinski definition) is 5. The Kier molecular flexibility index (Phi) is 6.51. The summed E-state index contributed by atoms with van der Waals surface area (Å²) >= 11 is 1.61. The van der Waals surface area contributed by atoms with E-state index in [2.05, 4.69) is 0 Å². The molecule has 0 bridgehead atoms. The Balaban J connectivity index is 1.92. The van der Waals surface area contributed by atoms with Gasteiger partial charge in [-0.1, -0.05) is 0 Å². The molecule has 136 valence electrons. The SMILES string of the molecule is CC(O)CCCC(O)CCC(C)(C)N1C(=O)C=C2SCCC2C1=O. The quantitative estimate of drug-likeness (QED) is 0.654. The second-order valence-electron chi connectivity index (χ2n) is 7.53. The molecule has 3 unspecified atom stereocenters. The van der Waals surface area contributed by atoms with Crippen LogP contribution >= 0.6 is 11.8 Å². The van der Waals surface area contributed by atoms with Crippen LogP contribution in [0.3, 0.4) is 0 Å². The van der Waals surface area contributed by atoms with Gasteiger partial charge < -0.3 is 10.2 Å². The van der Waals surface area contributed by atoms with Gasteiger partial charge in [0.25, 0.3) is 5.91 Å². The molecule has 0 aromatic rings. The molecule has 0 aromatic heterocycles. The summed E-state index contributed by atoms with van der Waals surface area (Å²) in [7, 11) is 0. The fourth-order valence-corrected chi connectivity index (χ4v) is 4.59. The van der Waals surface area contributed by atoms with Crippen molar-refractivity contribution in [3.05, 3.63) is 11.0 Å². The minimum atomic E-state index is -0.602. The van der Waals surface area contributed by atoms with Crippen molar-refractivity contribution >= 4 is 23.6 Å². The highest BCUT2D eigenvalue weighted by molar-refractivity contribution is 8.03. The lowest BCUT2D eigenvalue weighted by atomic mass is 9.89. The van der Waals surface area contributed by atoms with Crippen molar-refractivity contribution in [2.45, 2.75) is 77.0 Å². The maximum atomic E-state index is 12.7. The highest BCUT2D eigenvalue weighted by Gasteiger charge is 2.44. The van der Waals surface area contributed by atoms with Gasteiger partial charge in [-0.05, 0) is 65.0 Å². The van der Waals surface area contributed by atoms with E-state index >= 15 is 0 Å². The Morgan fingerprint density at radius 1 is 1.29 bits per heavy atom. The van der Waals surface area contributed by atoms with E-state index in [1.54, 1.807) is 24.8 Å². The molecule has 2 aliphatic heterocycles. The molecule has 2 N–H and O–H groups in total. The summed E-state index contributed by atoms with van der Waals surface area (Å²) in [6.07, 6.45) is 4.80. The Morgan fingerprint density at radius 2 is 2.00 bits per heavy atom. The van der Waals surface area contributed by atoms with Gasteiger partial charge in [-0.3, -0.25) is 14.5 Å². The molecule has 0 aromatic carbocycles. The molecule has 0 radical (unpaired) electrons. The van der Waals surface area contributed by atoms with Gasteiger partial charge >= 0.3 is 0 Å². The van der Waals surface area contributed by atoms with Crippen LogP contribution in [0.1, 0.15) is 59.3 Å². The van der Waals surface area contributed by atoms with E-state index in [9.17, 15) is 19.8 Å². The first kappa shape index (κ1) is 19.5. The second kappa shape index (κ2) is 8.02. The van der Waals surface area contributed by atoms with Crippen molar-refractivity contribution in [1.82, 2.24) is 4.90 Å². The average Bonchev–Trinajstić information content (AvgIpc) is 2.93. The Morgan fingerprint density at radius 3 is 2.67 bits per heavy atom. The maximum Gasteiger partial charge on any atom is 0.254 e. The van der Waals surface area contributed by atoms with Gasteiger partial charge in [0.2, 0.25) is 5.91 Å². The zero-order chi connectivity index (χ0) is 17.9. The molecule has 0 saturated carbocycles. The third-order valence-electron chi connectivity index (χ3n) is 4.88. The topological polar surface area (TPSA) is 77.8 Å². The highest BCUT2D eigenvalue weighted by atomic mass is 32.2. The van der Waals surface area contributed by atoms with Crippen molar-refractivity contribution in [2.24, 2.45) is 5.92 Å². The standard InChI is InChI=1S/C18H29NO4S/c1-12(20)5-4-6-13(21)7-9-18(2,3)19-16(22)11-15-14(17(19)23)8-10-24-15/h11-14,20-21H,4-10H2,1-3H3.